The molecule has 1 N–H and O–H groups in total. The summed E-state index contributed by atoms with van der Waals surface area (Å²) in [6.45, 7) is 3.13. The van der Waals surface area contributed by atoms with Crippen molar-refractivity contribution in [2.75, 3.05) is 11.9 Å². The molecule has 0 saturated heterocycles. The molecule has 0 spiro atoms. The molecule has 0 aliphatic rings. The lowest BCUT2D eigenvalue weighted by Gasteiger charge is -2.05. The van der Waals surface area contributed by atoms with Gasteiger partial charge in [0.15, 0.2) is 0 Å². The van der Waals surface area contributed by atoms with Gasteiger partial charge in [0.05, 0.1) is 5.69 Å². The second kappa shape index (κ2) is 4.54. The van der Waals surface area contributed by atoms with Gasteiger partial charge in [-0.1, -0.05) is 6.92 Å². The van der Waals surface area contributed by atoms with E-state index >= 15 is 0 Å². The van der Waals surface area contributed by atoms with Crippen molar-refractivity contribution >= 4 is 5.69 Å². The normalized spacial score (nSPS) is 10.2. The first kappa shape index (κ1) is 9.64. The van der Waals surface area contributed by atoms with Crippen LogP contribution < -0.4 is 5.32 Å². The monoisotopic (exact) mass is 203 g/mol. The van der Waals surface area contributed by atoms with Crippen LogP contribution in [0.15, 0.2) is 30.6 Å². The van der Waals surface area contributed by atoms with Gasteiger partial charge >= 0.3 is 0 Å². The molecule has 1 aromatic carbocycles. The van der Waals surface area contributed by atoms with Crippen LogP contribution in [0.1, 0.15) is 13.3 Å². The lowest BCUT2D eigenvalue weighted by atomic mass is 10.3. The first-order chi connectivity index (χ1) is 7.40. The van der Waals surface area contributed by atoms with Crippen molar-refractivity contribution in [1.82, 2.24) is 20.2 Å². The van der Waals surface area contributed by atoms with E-state index in [0.29, 0.717) is 0 Å². The first-order valence-corrected chi connectivity index (χ1v) is 4.97. The van der Waals surface area contributed by atoms with Crippen molar-refractivity contribution in [1.29, 1.82) is 0 Å². The van der Waals surface area contributed by atoms with Gasteiger partial charge in [-0.05, 0) is 41.1 Å². The van der Waals surface area contributed by atoms with Crippen molar-refractivity contribution in [3.05, 3.63) is 30.6 Å². The summed E-state index contributed by atoms with van der Waals surface area (Å²) in [4.78, 5) is 0. The number of aromatic nitrogens is 4. The average Bonchev–Trinajstić information content (AvgIpc) is 2.80. The summed E-state index contributed by atoms with van der Waals surface area (Å²) < 4.78 is 1.63. The molecular weight excluding hydrogens is 190 g/mol. The number of hydrogen-bond donors (Lipinski definition) is 1. The summed E-state index contributed by atoms with van der Waals surface area (Å²) in [5, 5.41) is 14.3. The Morgan fingerprint density at radius 2 is 2.07 bits per heavy atom. The highest BCUT2D eigenvalue weighted by Crippen LogP contribution is 2.11. The Balaban J connectivity index is 2.11. The van der Waals surface area contributed by atoms with Gasteiger partial charge in [-0.15, -0.1) is 5.10 Å². The standard InChI is InChI=1S/C10H13N5/c1-2-7-11-9-3-5-10(6-4-9)15-8-12-13-14-15/h3-6,8,11H,2,7H2,1H3. The van der Waals surface area contributed by atoms with Crippen LogP contribution in [0.25, 0.3) is 5.69 Å². The Kier molecular flexibility index (Phi) is 2.92. The molecule has 0 atom stereocenters. The van der Waals surface area contributed by atoms with Crippen molar-refractivity contribution in [3.8, 4) is 5.69 Å². The third-order valence-corrected chi connectivity index (χ3v) is 2.06. The topological polar surface area (TPSA) is 55.6 Å². The molecule has 0 radical (unpaired) electrons. The second-order valence-electron chi connectivity index (χ2n) is 3.23. The molecule has 2 aromatic rings. The molecule has 0 saturated carbocycles. The number of nitrogens with one attached hydrogen (secondary N) is 1. The highest BCUT2D eigenvalue weighted by molar-refractivity contribution is 5.48. The predicted molar refractivity (Wildman–Crippen MR) is 57.9 cm³/mol. The minimum atomic E-state index is 0.960. The average molecular weight is 203 g/mol. The molecule has 78 valence electrons. The van der Waals surface area contributed by atoms with E-state index in [9.17, 15) is 0 Å². The number of hydrogen-bond acceptors (Lipinski definition) is 4. The third-order valence-electron chi connectivity index (χ3n) is 2.06. The molecule has 0 bridgehead atoms. The van der Waals surface area contributed by atoms with Crippen molar-refractivity contribution in [3.63, 3.8) is 0 Å². The summed E-state index contributed by atoms with van der Waals surface area (Å²) in [7, 11) is 0. The van der Waals surface area contributed by atoms with Crippen molar-refractivity contribution < 1.29 is 0 Å². The number of benzene rings is 1. The molecule has 15 heavy (non-hydrogen) atoms. The maximum atomic E-state index is 3.81. The lowest BCUT2D eigenvalue weighted by molar-refractivity contribution is 0.789. The number of nitrogens with zero attached hydrogens (tertiary/aromatic N) is 4. The van der Waals surface area contributed by atoms with Gasteiger partial charge in [0.25, 0.3) is 0 Å². The van der Waals surface area contributed by atoms with E-state index in [1.165, 1.54) is 0 Å². The SMILES string of the molecule is CCCNc1ccc(-n2cnnn2)cc1. The maximum Gasteiger partial charge on any atom is 0.143 e. The smallest absolute Gasteiger partial charge is 0.143 e. The second-order valence-corrected chi connectivity index (χ2v) is 3.23. The van der Waals surface area contributed by atoms with Gasteiger partial charge in [0.1, 0.15) is 6.33 Å². The van der Waals surface area contributed by atoms with Crippen LogP contribution in [0.2, 0.25) is 0 Å². The van der Waals surface area contributed by atoms with Gasteiger partial charge in [0.2, 0.25) is 0 Å². The van der Waals surface area contributed by atoms with Gasteiger partial charge in [-0.2, -0.15) is 0 Å². The number of tetrazole rings is 1. The molecule has 1 aromatic heterocycles. The van der Waals surface area contributed by atoms with Crippen LogP contribution in [-0.2, 0) is 0 Å². The van der Waals surface area contributed by atoms with Crippen LogP contribution in [0, 0.1) is 0 Å². The molecule has 5 nitrogen and oxygen atoms in total. The molecule has 0 amide bonds. The largest absolute Gasteiger partial charge is 0.385 e. The van der Waals surface area contributed by atoms with E-state index in [1.807, 2.05) is 24.3 Å². The van der Waals surface area contributed by atoms with E-state index < -0.39 is 0 Å². The quantitative estimate of drug-likeness (QED) is 0.817. The fourth-order valence-corrected chi connectivity index (χ4v) is 1.28. The van der Waals surface area contributed by atoms with Crippen LogP contribution in [-0.4, -0.2) is 26.8 Å². The van der Waals surface area contributed by atoms with E-state index in [4.69, 9.17) is 0 Å². The van der Waals surface area contributed by atoms with Crippen LogP contribution in [0.5, 0.6) is 0 Å². The fourth-order valence-electron chi connectivity index (χ4n) is 1.28. The van der Waals surface area contributed by atoms with Gasteiger partial charge in [0, 0.05) is 12.2 Å². The predicted octanol–water partition coefficient (Wildman–Crippen LogP) is 1.48. The summed E-state index contributed by atoms with van der Waals surface area (Å²) in [6, 6.07) is 8.00. The van der Waals surface area contributed by atoms with Crippen LogP contribution >= 0.6 is 0 Å². The summed E-state index contributed by atoms with van der Waals surface area (Å²) in [5.74, 6) is 0. The molecule has 0 aliphatic carbocycles. The Morgan fingerprint density at radius 1 is 1.27 bits per heavy atom. The summed E-state index contributed by atoms with van der Waals surface area (Å²) in [6.07, 6.45) is 2.70. The lowest BCUT2D eigenvalue weighted by Crippen LogP contribution is -2.00. The Bertz CT molecular complexity index is 392. The van der Waals surface area contributed by atoms with Crippen molar-refractivity contribution in [2.24, 2.45) is 0 Å². The van der Waals surface area contributed by atoms with Crippen molar-refractivity contribution in [2.45, 2.75) is 13.3 Å². The van der Waals surface area contributed by atoms with Gasteiger partial charge in [-0.3, -0.25) is 0 Å². The Hall–Kier alpha value is -1.91. The minimum Gasteiger partial charge on any atom is -0.385 e. The maximum absolute atomic E-state index is 3.81. The fraction of sp³-hybridized carbons (Fsp3) is 0.300. The zero-order valence-corrected chi connectivity index (χ0v) is 8.59. The van der Waals surface area contributed by atoms with E-state index in [1.54, 1.807) is 11.0 Å². The van der Waals surface area contributed by atoms with E-state index in [2.05, 4.69) is 27.8 Å². The summed E-state index contributed by atoms with van der Waals surface area (Å²) in [5.41, 5.74) is 2.08. The third kappa shape index (κ3) is 2.31. The highest BCUT2D eigenvalue weighted by atomic mass is 15.5. The number of rotatable bonds is 4. The van der Waals surface area contributed by atoms with Crippen LogP contribution in [0.4, 0.5) is 5.69 Å². The minimum absolute atomic E-state index is 0.960. The highest BCUT2D eigenvalue weighted by Gasteiger charge is 1.97. The molecule has 0 aliphatic heterocycles. The van der Waals surface area contributed by atoms with E-state index in [0.717, 1.165) is 24.3 Å². The molecule has 1 heterocycles. The summed E-state index contributed by atoms with van der Waals surface area (Å²) >= 11 is 0. The Morgan fingerprint density at radius 3 is 2.67 bits per heavy atom. The van der Waals surface area contributed by atoms with Crippen LogP contribution in [0.3, 0.4) is 0 Å². The zero-order chi connectivity index (χ0) is 10.5. The zero-order valence-electron chi connectivity index (χ0n) is 8.59. The molecule has 5 heteroatoms. The van der Waals surface area contributed by atoms with Gasteiger partial charge in [-0.25, -0.2) is 4.68 Å². The van der Waals surface area contributed by atoms with E-state index in [-0.39, 0.29) is 0 Å². The molecule has 2 rings (SSSR count). The molecule has 0 unspecified atom stereocenters. The number of anilines is 1. The Labute approximate surface area is 88.1 Å². The molecular formula is C10H13N5. The van der Waals surface area contributed by atoms with Gasteiger partial charge < -0.3 is 5.32 Å². The first-order valence-electron chi connectivity index (χ1n) is 4.97. The molecule has 0 fully saturated rings.